The van der Waals surface area contributed by atoms with E-state index in [0.717, 1.165) is 23.6 Å². The SMILES string of the molecule is CC(C)NC1(C(N)=O)CCC(Sc2nccs2)C1. The summed E-state index contributed by atoms with van der Waals surface area (Å²) < 4.78 is 1.07. The van der Waals surface area contributed by atoms with Crippen molar-refractivity contribution in [3.63, 3.8) is 0 Å². The van der Waals surface area contributed by atoms with Gasteiger partial charge in [0, 0.05) is 22.9 Å². The largest absolute Gasteiger partial charge is 0.368 e. The second kappa shape index (κ2) is 5.59. The zero-order valence-corrected chi connectivity index (χ0v) is 12.3. The van der Waals surface area contributed by atoms with Gasteiger partial charge in [-0.25, -0.2) is 4.98 Å². The van der Waals surface area contributed by atoms with E-state index in [9.17, 15) is 4.79 Å². The van der Waals surface area contributed by atoms with E-state index in [4.69, 9.17) is 5.73 Å². The first kappa shape index (κ1) is 13.8. The van der Waals surface area contributed by atoms with Crippen LogP contribution in [0.2, 0.25) is 0 Å². The highest BCUT2D eigenvalue weighted by atomic mass is 32.2. The third-order valence-electron chi connectivity index (χ3n) is 3.18. The van der Waals surface area contributed by atoms with Crippen molar-refractivity contribution >= 4 is 29.0 Å². The number of nitrogens with one attached hydrogen (secondary N) is 1. The van der Waals surface area contributed by atoms with Gasteiger partial charge in [0.1, 0.15) is 4.34 Å². The van der Waals surface area contributed by atoms with Crippen LogP contribution in [0.15, 0.2) is 15.9 Å². The normalized spacial score (nSPS) is 27.8. The van der Waals surface area contributed by atoms with E-state index in [1.807, 2.05) is 25.4 Å². The minimum atomic E-state index is -0.525. The lowest BCUT2D eigenvalue weighted by Crippen LogP contribution is -2.56. The Balaban J connectivity index is 2.01. The Bertz CT molecular complexity index is 407. The summed E-state index contributed by atoms with van der Waals surface area (Å²) in [5.74, 6) is -0.224. The summed E-state index contributed by atoms with van der Waals surface area (Å²) in [5, 5.41) is 5.76. The molecule has 0 saturated heterocycles. The minimum Gasteiger partial charge on any atom is -0.368 e. The molecule has 6 heteroatoms. The van der Waals surface area contributed by atoms with Gasteiger partial charge in [-0.05, 0) is 33.1 Å². The van der Waals surface area contributed by atoms with Gasteiger partial charge in [-0.3, -0.25) is 4.79 Å². The number of hydrogen-bond donors (Lipinski definition) is 2. The number of carbonyl (C=O) groups excluding carboxylic acids is 1. The number of aromatic nitrogens is 1. The van der Waals surface area contributed by atoms with E-state index >= 15 is 0 Å². The van der Waals surface area contributed by atoms with Crippen LogP contribution in [0.1, 0.15) is 33.1 Å². The molecular formula is C12H19N3OS2. The molecule has 4 nitrogen and oxygen atoms in total. The van der Waals surface area contributed by atoms with E-state index in [2.05, 4.69) is 10.3 Å². The zero-order valence-electron chi connectivity index (χ0n) is 10.7. The highest BCUT2D eigenvalue weighted by Crippen LogP contribution is 2.40. The molecule has 3 N–H and O–H groups in total. The van der Waals surface area contributed by atoms with Gasteiger partial charge in [-0.2, -0.15) is 0 Å². The van der Waals surface area contributed by atoms with E-state index in [-0.39, 0.29) is 11.9 Å². The summed E-state index contributed by atoms with van der Waals surface area (Å²) >= 11 is 3.41. The lowest BCUT2D eigenvalue weighted by atomic mass is 9.96. The monoisotopic (exact) mass is 285 g/mol. The predicted molar refractivity (Wildman–Crippen MR) is 75.8 cm³/mol. The Hall–Kier alpha value is -0.590. The highest BCUT2D eigenvalue weighted by molar-refractivity contribution is 8.01. The molecule has 0 aromatic carbocycles. The van der Waals surface area contributed by atoms with E-state index in [1.54, 1.807) is 23.1 Å². The average molecular weight is 285 g/mol. The van der Waals surface area contributed by atoms with Crippen LogP contribution in [0.25, 0.3) is 0 Å². The van der Waals surface area contributed by atoms with Crippen LogP contribution >= 0.6 is 23.1 Å². The predicted octanol–water partition coefficient (Wildman–Crippen LogP) is 2.01. The lowest BCUT2D eigenvalue weighted by molar-refractivity contribution is -0.124. The Morgan fingerprint density at radius 1 is 1.72 bits per heavy atom. The molecule has 1 amide bonds. The number of hydrogen-bond acceptors (Lipinski definition) is 5. The smallest absolute Gasteiger partial charge is 0.237 e. The maximum absolute atomic E-state index is 11.7. The first-order valence-corrected chi connectivity index (χ1v) is 7.91. The van der Waals surface area contributed by atoms with Crippen molar-refractivity contribution in [2.45, 2.75) is 54.3 Å². The minimum absolute atomic E-state index is 0.224. The van der Waals surface area contributed by atoms with Gasteiger partial charge in [0.15, 0.2) is 0 Å². The Morgan fingerprint density at radius 3 is 3.06 bits per heavy atom. The molecule has 18 heavy (non-hydrogen) atoms. The summed E-state index contributed by atoms with van der Waals surface area (Å²) in [6, 6.07) is 0.265. The molecule has 2 atom stereocenters. The van der Waals surface area contributed by atoms with Gasteiger partial charge in [0.25, 0.3) is 0 Å². The molecule has 0 aliphatic heterocycles. The maximum atomic E-state index is 11.7. The maximum Gasteiger partial charge on any atom is 0.237 e. The number of carbonyl (C=O) groups is 1. The number of amides is 1. The second-order valence-corrected chi connectivity index (χ2v) is 7.47. The van der Waals surface area contributed by atoms with E-state index < -0.39 is 5.54 Å². The van der Waals surface area contributed by atoms with Gasteiger partial charge in [-0.15, -0.1) is 11.3 Å². The third kappa shape index (κ3) is 3.05. The van der Waals surface area contributed by atoms with Crippen LogP contribution in [0, 0.1) is 0 Å². The highest BCUT2D eigenvalue weighted by Gasteiger charge is 2.44. The van der Waals surface area contributed by atoms with Crippen LogP contribution in [-0.2, 0) is 4.79 Å². The van der Waals surface area contributed by atoms with E-state index in [0.29, 0.717) is 5.25 Å². The molecule has 1 aliphatic carbocycles. The Labute approximate surface area is 116 Å². The fraction of sp³-hybridized carbons (Fsp3) is 0.667. The molecule has 1 aliphatic rings. The van der Waals surface area contributed by atoms with Gasteiger partial charge in [-0.1, -0.05) is 11.8 Å². The standard InChI is InChI=1S/C12H19N3OS2/c1-8(2)15-12(10(13)16)4-3-9(7-12)18-11-14-5-6-17-11/h5-6,8-9,15H,3-4,7H2,1-2H3,(H2,13,16). The summed E-state index contributed by atoms with van der Waals surface area (Å²) in [6.45, 7) is 4.10. The molecule has 0 radical (unpaired) electrons. The van der Waals surface area contributed by atoms with Crippen molar-refractivity contribution in [1.29, 1.82) is 0 Å². The van der Waals surface area contributed by atoms with E-state index in [1.165, 1.54) is 0 Å². The Morgan fingerprint density at radius 2 is 2.50 bits per heavy atom. The van der Waals surface area contributed by atoms with Crippen LogP contribution in [0.4, 0.5) is 0 Å². The molecule has 2 rings (SSSR count). The second-order valence-electron chi connectivity index (χ2n) is 5.03. The summed E-state index contributed by atoms with van der Waals surface area (Å²) in [4.78, 5) is 16.0. The Kier molecular flexibility index (Phi) is 4.29. The molecular weight excluding hydrogens is 266 g/mol. The van der Waals surface area contributed by atoms with Gasteiger partial charge < -0.3 is 11.1 Å². The summed E-state index contributed by atoms with van der Waals surface area (Å²) in [5.41, 5.74) is 5.07. The number of thiazole rings is 1. The van der Waals surface area contributed by atoms with Crippen LogP contribution in [-0.4, -0.2) is 27.7 Å². The fourth-order valence-corrected chi connectivity index (χ4v) is 4.66. The zero-order chi connectivity index (χ0) is 13.2. The summed E-state index contributed by atoms with van der Waals surface area (Å²) in [6.07, 6.45) is 4.44. The van der Waals surface area contributed by atoms with Crippen LogP contribution < -0.4 is 11.1 Å². The van der Waals surface area contributed by atoms with Crippen molar-refractivity contribution in [1.82, 2.24) is 10.3 Å². The molecule has 1 fully saturated rings. The van der Waals surface area contributed by atoms with Gasteiger partial charge >= 0.3 is 0 Å². The number of nitrogens with zero attached hydrogens (tertiary/aromatic N) is 1. The molecule has 0 bridgehead atoms. The lowest BCUT2D eigenvalue weighted by Gasteiger charge is -2.29. The molecule has 1 aromatic rings. The topological polar surface area (TPSA) is 68.0 Å². The first-order chi connectivity index (χ1) is 8.52. The van der Waals surface area contributed by atoms with Crippen LogP contribution in [0.5, 0.6) is 0 Å². The number of rotatable bonds is 5. The molecule has 100 valence electrons. The van der Waals surface area contributed by atoms with Crippen molar-refractivity contribution in [2.24, 2.45) is 5.73 Å². The third-order valence-corrected chi connectivity index (χ3v) is 5.37. The fourth-order valence-electron chi connectivity index (χ4n) is 2.49. The number of nitrogens with two attached hydrogens (primary N) is 1. The molecule has 0 spiro atoms. The van der Waals surface area contributed by atoms with Crippen molar-refractivity contribution < 1.29 is 4.79 Å². The molecule has 1 aromatic heterocycles. The number of primary amides is 1. The number of thioether (sulfide) groups is 1. The molecule has 2 unspecified atom stereocenters. The first-order valence-electron chi connectivity index (χ1n) is 6.15. The molecule has 1 heterocycles. The molecule has 1 saturated carbocycles. The van der Waals surface area contributed by atoms with Crippen molar-refractivity contribution in [3.05, 3.63) is 11.6 Å². The van der Waals surface area contributed by atoms with Crippen molar-refractivity contribution in [3.8, 4) is 0 Å². The quantitative estimate of drug-likeness (QED) is 0.868. The van der Waals surface area contributed by atoms with Gasteiger partial charge in [0.05, 0.1) is 5.54 Å². The van der Waals surface area contributed by atoms with Crippen molar-refractivity contribution in [2.75, 3.05) is 0 Å². The van der Waals surface area contributed by atoms with Crippen LogP contribution in [0.3, 0.4) is 0 Å². The average Bonchev–Trinajstić information content (AvgIpc) is 2.89. The van der Waals surface area contributed by atoms with Gasteiger partial charge in [0.2, 0.25) is 5.91 Å². The summed E-state index contributed by atoms with van der Waals surface area (Å²) in [7, 11) is 0.